The molecule has 0 radical (unpaired) electrons. The van der Waals surface area contributed by atoms with Gasteiger partial charge in [-0.2, -0.15) is 0 Å². The second-order valence-corrected chi connectivity index (χ2v) is 8.30. The van der Waals surface area contributed by atoms with Gasteiger partial charge in [-0.15, -0.1) is 0 Å². The number of anilines is 1. The standard InChI is InChI=1S/C12H19ClN2O3S2/c1-3-4-5-6-7-8-10(16)15-12-14-9(2)11(19-12)20(13,17)18/h3-8H2,1-2H3,(H,14,15,16). The van der Waals surface area contributed by atoms with Gasteiger partial charge in [0, 0.05) is 17.1 Å². The Labute approximate surface area is 128 Å². The van der Waals surface area contributed by atoms with Crippen LogP contribution in [0.5, 0.6) is 0 Å². The summed E-state index contributed by atoms with van der Waals surface area (Å²) in [5.74, 6) is -0.145. The quantitative estimate of drug-likeness (QED) is 0.579. The van der Waals surface area contributed by atoms with Crippen molar-refractivity contribution in [2.75, 3.05) is 5.32 Å². The lowest BCUT2D eigenvalue weighted by Gasteiger charge is -2.01. The van der Waals surface area contributed by atoms with E-state index >= 15 is 0 Å². The van der Waals surface area contributed by atoms with E-state index in [2.05, 4.69) is 17.2 Å². The molecule has 0 saturated carbocycles. The first-order chi connectivity index (χ1) is 9.34. The molecule has 1 amide bonds. The van der Waals surface area contributed by atoms with Gasteiger partial charge in [-0.05, 0) is 13.3 Å². The van der Waals surface area contributed by atoms with Crippen LogP contribution in [0.15, 0.2) is 4.21 Å². The number of thiazole rings is 1. The van der Waals surface area contributed by atoms with Gasteiger partial charge in [-0.1, -0.05) is 43.9 Å². The van der Waals surface area contributed by atoms with E-state index in [0.717, 1.165) is 30.6 Å². The lowest BCUT2D eigenvalue weighted by molar-refractivity contribution is -0.116. The SMILES string of the molecule is CCCCCCCC(=O)Nc1nc(C)c(S(=O)(=O)Cl)s1. The normalized spacial score (nSPS) is 11.6. The van der Waals surface area contributed by atoms with Gasteiger partial charge in [0.25, 0.3) is 9.05 Å². The predicted octanol–water partition coefficient (Wildman–Crippen LogP) is 3.68. The molecular weight excluding hydrogens is 320 g/mol. The summed E-state index contributed by atoms with van der Waals surface area (Å²) in [4.78, 5) is 15.7. The van der Waals surface area contributed by atoms with Gasteiger partial charge in [0.15, 0.2) is 9.34 Å². The van der Waals surface area contributed by atoms with Gasteiger partial charge in [0.05, 0.1) is 5.69 Å². The lowest BCUT2D eigenvalue weighted by Crippen LogP contribution is -2.10. The first-order valence-electron chi connectivity index (χ1n) is 6.56. The van der Waals surface area contributed by atoms with E-state index in [0.29, 0.717) is 12.1 Å². The van der Waals surface area contributed by atoms with E-state index < -0.39 is 9.05 Å². The van der Waals surface area contributed by atoms with Crippen LogP contribution in [-0.2, 0) is 13.8 Å². The van der Waals surface area contributed by atoms with Crippen LogP contribution in [0.25, 0.3) is 0 Å². The second-order valence-electron chi connectivity index (χ2n) is 4.54. The van der Waals surface area contributed by atoms with E-state index in [-0.39, 0.29) is 15.2 Å². The molecule has 0 saturated heterocycles. The molecule has 0 unspecified atom stereocenters. The van der Waals surface area contributed by atoms with Crippen molar-refractivity contribution in [3.63, 3.8) is 0 Å². The molecule has 1 rings (SSSR count). The van der Waals surface area contributed by atoms with E-state index in [9.17, 15) is 13.2 Å². The molecule has 0 aliphatic carbocycles. The highest BCUT2D eigenvalue weighted by Gasteiger charge is 2.19. The van der Waals surface area contributed by atoms with Crippen molar-refractivity contribution >= 4 is 42.1 Å². The fourth-order valence-electron chi connectivity index (χ4n) is 1.73. The Morgan fingerprint density at radius 2 is 1.95 bits per heavy atom. The molecule has 0 aliphatic rings. The van der Waals surface area contributed by atoms with Gasteiger partial charge in [-0.25, -0.2) is 13.4 Å². The molecule has 0 bridgehead atoms. The first-order valence-corrected chi connectivity index (χ1v) is 9.69. The summed E-state index contributed by atoms with van der Waals surface area (Å²) < 4.78 is 22.5. The van der Waals surface area contributed by atoms with Gasteiger partial charge in [-0.3, -0.25) is 4.79 Å². The zero-order chi connectivity index (χ0) is 15.2. The number of halogens is 1. The summed E-state index contributed by atoms with van der Waals surface area (Å²) >= 11 is 0.879. The van der Waals surface area contributed by atoms with Crippen molar-refractivity contribution in [2.24, 2.45) is 0 Å². The fourth-order valence-corrected chi connectivity index (χ4v) is 4.10. The Hall–Kier alpha value is -0.660. The molecule has 0 aromatic carbocycles. The molecule has 114 valence electrons. The number of carbonyl (C=O) groups excluding carboxylic acids is 1. The molecule has 1 N–H and O–H groups in total. The Morgan fingerprint density at radius 3 is 2.50 bits per heavy atom. The average molecular weight is 339 g/mol. The van der Waals surface area contributed by atoms with Crippen molar-refractivity contribution in [3.8, 4) is 0 Å². The van der Waals surface area contributed by atoms with Crippen LogP contribution in [0.1, 0.15) is 51.1 Å². The van der Waals surface area contributed by atoms with E-state index in [1.807, 2.05) is 0 Å². The predicted molar refractivity (Wildman–Crippen MR) is 81.9 cm³/mol. The minimum Gasteiger partial charge on any atom is -0.302 e. The van der Waals surface area contributed by atoms with E-state index in [1.54, 1.807) is 6.92 Å². The van der Waals surface area contributed by atoms with Crippen LogP contribution in [0.3, 0.4) is 0 Å². The summed E-state index contributed by atoms with van der Waals surface area (Å²) in [5.41, 5.74) is 0.309. The summed E-state index contributed by atoms with van der Waals surface area (Å²) in [5, 5.41) is 2.89. The zero-order valence-electron chi connectivity index (χ0n) is 11.6. The van der Waals surface area contributed by atoms with Crippen molar-refractivity contribution in [2.45, 2.75) is 56.6 Å². The number of aryl methyl sites for hydroxylation is 1. The van der Waals surface area contributed by atoms with Crippen LogP contribution in [0.2, 0.25) is 0 Å². The fraction of sp³-hybridized carbons (Fsp3) is 0.667. The Kier molecular flexibility index (Phi) is 6.91. The Balaban J connectivity index is 2.47. The van der Waals surface area contributed by atoms with Crippen LogP contribution in [0, 0.1) is 6.92 Å². The highest BCUT2D eigenvalue weighted by Crippen LogP contribution is 2.29. The molecule has 8 heteroatoms. The molecule has 0 fully saturated rings. The lowest BCUT2D eigenvalue weighted by atomic mass is 10.1. The third-order valence-electron chi connectivity index (χ3n) is 2.73. The molecule has 1 aromatic heterocycles. The maximum Gasteiger partial charge on any atom is 0.272 e. The summed E-state index contributed by atoms with van der Waals surface area (Å²) in [7, 11) is 1.48. The van der Waals surface area contributed by atoms with Gasteiger partial charge in [0.1, 0.15) is 0 Å². The number of hydrogen-bond donors (Lipinski definition) is 1. The summed E-state index contributed by atoms with van der Waals surface area (Å²) in [6.07, 6.45) is 5.76. The maximum absolute atomic E-state index is 11.7. The Morgan fingerprint density at radius 1 is 1.30 bits per heavy atom. The molecular formula is C12H19ClN2O3S2. The van der Waals surface area contributed by atoms with Crippen molar-refractivity contribution < 1.29 is 13.2 Å². The van der Waals surface area contributed by atoms with E-state index in [4.69, 9.17) is 10.7 Å². The number of aromatic nitrogens is 1. The molecule has 0 atom stereocenters. The number of nitrogens with one attached hydrogen (secondary N) is 1. The molecule has 1 aromatic rings. The van der Waals surface area contributed by atoms with Crippen molar-refractivity contribution in [3.05, 3.63) is 5.69 Å². The van der Waals surface area contributed by atoms with Gasteiger partial charge in [0.2, 0.25) is 5.91 Å². The molecule has 5 nitrogen and oxygen atoms in total. The average Bonchev–Trinajstić information content (AvgIpc) is 2.69. The largest absolute Gasteiger partial charge is 0.302 e. The number of amides is 1. The minimum absolute atomic E-state index is 0.0163. The number of hydrogen-bond acceptors (Lipinski definition) is 5. The summed E-state index contributed by atoms with van der Waals surface area (Å²) in [6.45, 7) is 3.69. The van der Waals surface area contributed by atoms with Crippen LogP contribution in [-0.4, -0.2) is 19.3 Å². The zero-order valence-corrected chi connectivity index (χ0v) is 14.0. The van der Waals surface area contributed by atoms with Crippen LogP contribution < -0.4 is 5.32 Å². The number of rotatable bonds is 8. The van der Waals surface area contributed by atoms with Gasteiger partial charge >= 0.3 is 0 Å². The second kappa shape index (κ2) is 7.95. The molecule has 20 heavy (non-hydrogen) atoms. The van der Waals surface area contributed by atoms with Gasteiger partial charge < -0.3 is 5.32 Å². The number of unbranched alkanes of at least 4 members (excludes halogenated alkanes) is 4. The highest BCUT2D eigenvalue weighted by atomic mass is 35.7. The number of carbonyl (C=O) groups is 1. The third kappa shape index (κ3) is 5.76. The highest BCUT2D eigenvalue weighted by molar-refractivity contribution is 8.15. The molecule has 0 spiro atoms. The molecule has 1 heterocycles. The smallest absolute Gasteiger partial charge is 0.272 e. The topological polar surface area (TPSA) is 76.1 Å². The maximum atomic E-state index is 11.7. The summed E-state index contributed by atoms with van der Waals surface area (Å²) in [6, 6.07) is 0. The van der Waals surface area contributed by atoms with E-state index in [1.165, 1.54) is 12.8 Å². The molecule has 0 aliphatic heterocycles. The van der Waals surface area contributed by atoms with Crippen LogP contribution in [0.4, 0.5) is 5.13 Å². The van der Waals surface area contributed by atoms with Crippen molar-refractivity contribution in [1.82, 2.24) is 4.98 Å². The number of nitrogens with zero attached hydrogens (tertiary/aromatic N) is 1. The monoisotopic (exact) mass is 338 g/mol. The third-order valence-corrected chi connectivity index (χ3v) is 5.98. The first kappa shape index (κ1) is 17.4. The Bertz CT molecular complexity index is 555. The van der Waals surface area contributed by atoms with Crippen LogP contribution >= 0.6 is 22.0 Å². The van der Waals surface area contributed by atoms with Crippen molar-refractivity contribution in [1.29, 1.82) is 0 Å². The minimum atomic E-state index is -3.80.